The van der Waals surface area contributed by atoms with E-state index < -0.39 is 23.4 Å². The molecule has 140 valence electrons. The zero-order chi connectivity index (χ0) is 18.9. The van der Waals surface area contributed by atoms with Gasteiger partial charge in [-0.25, -0.2) is 0 Å². The van der Waals surface area contributed by atoms with Gasteiger partial charge in [-0.15, -0.1) is 0 Å². The number of non-ortho nitro benzene ring substituents is 1. The third kappa shape index (κ3) is 6.04. The summed E-state index contributed by atoms with van der Waals surface area (Å²) in [6, 6.07) is 5.90. The number of nitro benzene ring substituents is 1. The van der Waals surface area contributed by atoms with E-state index in [0.29, 0.717) is 25.2 Å². The molecule has 1 aliphatic heterocycles. The van der Waals surface area contributed by atoms with Crippen LogP contribution < -0.4 is 10.6 Å². The summed E-state index contributed by atoms with van der Waals surface area (Å²) >= 11 is 0. The highest BCUT2D eigenvalue weighted by molar-refractivity contribution is 5.85. The first-order valence-electron chi connectivity index (χ1n) is 8.14. The Kier molecular flexibility index (Phi) is 6.89. The third-order valence-corrected chi connectivity index (χ3v) is 3.71. The quantitative estimate of drug-likeness (QED) is 0.279. The summed E-state index contributed by atoms with van der Waals surface area (Å²) in [5, 5.41) is 16.1. The summed E-state index contributed by atoms with van der Waals surface area (Å²) in [5.74, 6) is -1.14. The molecule has 1 heterocycles. The van der Waals surface area contributed by atoms with Crippen molar-refractivity contribution in [1.82, 2.24) is 10.2 Å². The van der Waals surface area contributed by atoms with Gasteiger partial charge in [-0.1, -0.05) is 0 Å². The molecule has 1 aromatic carbocycles. The van der Waals surface area contributed by atoms with Crippen molar-refractivity contribution in [3.8, 4) is 0 Å². The van der Waals surface area contributed by atoms with Crippen LogP contribution in [-0.2, 0) is 19.1 Å². The lowest BCUT2D eigenvalue weighted by atomic mass is 10.3. The number of nitrogens with zero attached hydrogens (tertiary/aromatic N) is 2. The molecule has 0 bridgehead atoms. The van der Waals surface area contributed by atoms with Gasteiger partial charge < -0.3 is 20.3 Å². The van der Waals surface area contributed by atoms with Crippen LogP contribution in [0.3, 0.4) is 0 Å². The second-order valence-corrected chi connectivity index (χ2v) is 5.66. The van der Waals surface area contributed by atoms with Gasteiger partial charge in [0.05, 0.1) is 4.92 Å². The van der Waals surface area contributed by atoms with Gasteiger partial charge in [-0.3, -0.25) is 24.5 Å². The Bertz CT molecular complexity index is 676. The Morgan fingerprint density at radius 3 is 2.58 bits per heavy atom. The summed E-state index contributed by atoms with van der Waals surface area (Å²) in [4.78, 5) is 46.1. The van der Waals surface area contributed by atoms with Crippen LogP contribution in [0.2, 0.25) is 0 Å². The molecule has 2 rings (SSSR count). The van der Waals surface area contributed by atoms with Crippen molar-refractivity contribution in [3.05, 3.63) is 34.4 Å². The zero-order valence-electron chi connectivity index (χ0n) is 14.1. The monoisotopic (exact) mass is 364 g/mol. The van der Waals surface area contributed by atoms with Crippen LogP contribution >= 0.6 is 0 Å². The van der Waals surface area contributed by atoms with E-state index in [2.05, 4.69) is 10.6 Å². The van der Waals surface area contributed by atoms with Crippen molar-refractivity contribution in [1.29, 1.82) is 0 Å². The van der Waals surface area contributed by atoms with E-state index >= 15 is 0 Å². The first kappa shape index (κ1) is 19.2. The van der Waals surface area contributed by atoms with Crippen molar-refractivity contribution in [2.24, 2.45) is 0 Å². The second-order valence-electron chi connectivity index (χ2n) is 5.66. The standard InChI is InChI=1S/C16H20N4O6/c21-14(11-26-16(23)10-19-9-1-2-15(19)22)18-8-7-17-12-3-5-13(6-4-12)20(24)25/h3-6,17H,1-2,7-11H2,(H,18,21). The first-order chi connectivity index (χ1) is 12.5. The normalized spacial score (nSPS) is 13.4. The fourth-order valence-electron chi connectivity index (χ4n) is 2.38. The Morgan fingerprint density at radius 2 is 1.96 bits per heavy atom. The molecule has 2 N–H and O–H groups in total. The predicted octanol–water partition coefficient (Wildman–Crippen LogP) is 0.289. The molecule has 0 unspecified atom stereocenters. The largest absolute Gasteiger partial charge is 0.454 e. The number of rotatable bonds is 9. The lowest BCUT2D eigenvalue weighted by molar-refractivity contribution is -0.384. The first-order valence-corrected chi connectivity index (χ1v) is 8.14. The number of hydrogen-bond donors (Lipinski definition) is 2. The maximum atomic E-state index is 11.6. The number of hydrogen-bond acceptors (Lipinski definition) is 7. The lowest BCUT2D eigenvalue weighted by Gasteiger charge is -2.14. The molecular weight excluding hydrogens is 344 g/mol. The molecule has 1 fully saturated rings. The molecule has 0 spiro atoms. The van der Waals surface area contributed by atoms with E-state index in [-0.39, 0.29) is 24.7 Å². The van der Waals surface area contributed by atoms with E-state index in [4.69, 9.17) is 4.74 Å². The number of nitrogens with one attached hydrogen (secondary N) is 2. The molecule has 26 heavy (non-hydrogen) atoms. The summed E-state index contributed by atoms with van der Waals surface area (Å²) in [6.07, 6.45) is 1.17. The van der Waals surface area contributed by atoms with Crippen LogP contribution in [0.15, 0.2) is 24.3 Å². The molecule has 0 radical (unpaired) electrons. The van der Waals surface area contributed by atoms with Gasteiger partial charge in [0.15, 0.2) is 6.61 Å². The van der Waals surface area contributed by atoms with Gasteiger partial charge in [-0.05, 0) is 18.6 Å². The van der Waals surface area contributed by atoms with Crippen LogP contribution in [0.1, 0.15) is 12.8 Å². The number of carbonyl (C=O) groups is 3. The molecule has 0 aromatic heterocycles. The number of carbonyl (C=O) groups excluding carboxylic acids is 3. The molecule has 10 nitrogen and oxygen atoms in total. The summed E-state index contributed by atoms with van der Waals surface area (Å²) in [5.41, 5.74) is 0.688. The van der Waals surface area contributed by atoms with Crippen molar-refractivity contribution in [2.45, 2.75) is 12.8 Å². The number of esters is 1. The second kappa shape index (κ2) is 9.35. The van der Waals surface area contributed by atoms with E-state index in [1.807, 2.05) is 0 Å². The van der Waals surface area contributed by atoms with Crippen LogP contribution in [0.4, 0.5) is 11.4 Å². The molecule has 1 aromatic rings. The number of likely N-dealkylation sites (tertiary alicyclic amines) is 1. The SMILES string of the molecule is O=C(COC(=O)CN1CCCC1=O)NCCNc1ccc([N+](=O)[O-])cc1. The Labute approximate surface area is 149 Å². The smallest absolute Gasteiger partial charge is 0.326 e. The summed E-state index contributed by atoms with van der Waals surface area (Å²) in [7, 11) is 0. The molecule has 0 saturated carbocycles. The minimum absolute atomic E-state index is 0.00120. The predicted molar refractivity (Wildman–Crippen MR) is 91.4 cm³/mol. The van der Waals surface area contributed by atoms with Crippen LogP contribution in [0, 0.1) is 10.1 Å². The average molecular weight is 364 g/mol. The lowest BCUT2D eigenvalue weighted by Crippen LogP contribution is -2.35. The molecule has 2 amide bonds. The fraction of sp³-hybridized carbons (Fsp3) is 0.438. The highest BCUT2D eigenvalue weighted by Gasteiger charge is 2.23. The highest BCUT2D eigenvalue weighted by Crippen LogP contribution is 2.14. The number of nitro groups is 1. The number of amides is 2. The molecule has 1 saturated heterocycles. The van der Waals surface area contributed by atoms with E-state index in [9.17, 15) is 24.5 Å². The van der Waals surface area contributed by atoms with E-state index in [1.54, 1.807) is 12.1 Å². The van der Waals surface area contributed by atoms with E-state index in [0.717, 1.165) is 6.42 Å². The van der Waals surface area contributed by atoms with E-state index in [1.165, 1.54) is 17.0 Å². The summed E-state index contributed by atoms with van der Waals surface area (Å²) < 4.78 is 4.84. The number of anilines is 1. The van der Waals surface area contributed by atoms with Crippen molar-refractivity contribution in [2.75, 3.05) is 38.1 Å². The maximum Gasteiger partial charge on any atom is 0.326 e. The maximum absolute atomic E-state index is 11.6. The zero-order valence-corrected chi connectivity index (χ0v) is 14.1. The van der Waals surface area contributed by atoms with Crippen molar-refractivity contribution >= 4 is 29.2 Å². The van der Waals surface area contributed by atoms with Crippen molar-refractivity contribution in [3.63, 3.8) is 0 Å². The molecular formula is C16H20N4O6. The van der Waals surface area contributed by atoms with Gasteiger partial charge in [0, 0.05) is 43.9 Å². The minimum Gasteiger partial charge on any atom is -0.454 e. The minimum atomic E-state index is -0.612. The Balaban J connectivity index is 1.57. The number of ether oxygens (including phenoxy) is 1. The van der Waals surface area contributed by atoms with Gasteiger partial charge in [0.25, 0.3) is 11.6 Å². The third-order valence-electron chi connectivity index (χ3n) is 3.71. The molecule has 0 aliphatic carbocycles. The van der Waals surface area contributed by atoms with Crippen LogP contribution in [0.5, 0.6) is 0 Å². The topological polar surface area (TPSA) is 131 Å². The summed E-state index contributed by atoms with van der Waals surface area (Å²) in [6.45, 7) is 0.693. The Hall–Kier alpha value is -3.17. The van der Waals surface area contributed by atoms with Crippen molar-refractivity contribution < 1.29 is 24.0 Å². The molecule has 1 aliphatic rings. The van der Waals surface area contributed by atoms with Crippen LogP contribution in [-0.4, -0.2) is 60.4 Å². The van der Waals surface area contributed by atoms with Gasteiger partial charge in [-0.2, -0.15) is 0 Å². The Morgan fingerprint density at radius 1 is 1.23 bits per heavy atom. The van der Waals surface area contributed by atoms with Gasteiger partial charge in [0.1, 0.15) is 6.54 Å². The number of benzene rings is 1. The average Bonchev–Trinajstić information content (AvgIpc) is 3.02. The fourth-order valence-corrected chi connectivity index (χ4v) is 2.38. The van der Waals surface area contributed by atoms with Crippen LogP contribution in [0.25, 0.3) is 0 Å². The van der Waals surface area contributed by atoms with Gasteiger partial charge in [0.2, 0.25) is 5.91 Å². The molecule has 10 heteroatoms. The van der Waals surface area contributed by atoms with Gasteiger partial charge >= 0.3 is 5.97 Å². The molecule has 0 atom stereocenters. The highest BCUT2D eigenvalue weighted by atomic mass is 16.6.